The molecule has 0 saturated carbocycles. The number of benzene rings is 2. The highest BCUT2D eigenvalue weighted by Gasteiger charge is 2.33. The Morgan fingerprint density at radius 3 is 2.29 bits per heavy atom. The average Bonchev–Trinajstić information content (AvgIpc) is 2.56. The van der Waals surface area contributed by atoms with Crippen LogP contribution in [0.5, 0.6) is 0 Å². The highest BCUT2D eigenvalue weighted by atomic mass is 32.2. The summed E-state index contributed by atoms with van der Waals surface area (Å²) >= 11 is 0. The van der Waals surface area contributed by atoms with Crippen LogP contribution in [0.3, 0.4) is 0 Å². The van der Waals surface area contributed by atoms with Crippen molar-refractivity contribution in [3.8, 4) is 0 Å². The van der Waals surface area contributed by atoms with Gasteiger partial charge in [0.2, 0.25) is 10.0 Å². The van der Waals surface area contributed by atoms with Gasteiger partial charge in [0.15, 0.2) is 0 Å². The summed E-state index contributed by atoms with van der Waals surface area (Å²) in [6.45, 7) is 3.86. The number of carboxylic acids is 1. The number of nitrogens with zero attached hydrogens (tertiary/aromatic N) is 1. The van der Waals surface area contributed by atoms with Gasteiger partial charge in [0.25, 0.3) is 0 Å². The Morgan fingerprint density at radius 2 is 1.71 bits per heavy atom. The van der Waals surface area contributed by atoms with Crippen molar-refractivity contribution in [3.63, 3.8) is 0 Å². The number of aliphatic carboxylic acids is 1. The van der Waals surface area contributed by atoms with Crippen LogP contribution in [-0.2, 0) is 21.2 Å². The minimum atomic E-state index is -3.87. The normalized spacial score (nSPS) is 13.0. The summed E-state index contributed by atoms with van der Waals surface area (Å²) in [5.41, 5.74) is 2.86. The van der Waals surface area contributed by atoms with Gasteiger partial charge >= 0.3 is 5.97 Å². The van der Waals surface area contributed by atoms with E-state index in [0.29, 0.717) is 0 Å². The van der Waals surface area contributed by atoms with Crippen LogP contribution in [0.15, 0.2) is 53.4 Å². The van der Waals surface area contributed by atoms with Crippen LogP contribution in [0.4, 0.5) is 0 Å². The second kappa shape index (κ2) is 7.15. The van der Waals surface area contributed by atoms with Gasteiger partial charge < -0.3 is 5.11 Å². The average molecular weight is 347 g/mol. The third kappa shape index (κ3) is 3.66. The molecule has 0 aliphatic rings. The molecule has 0 heterocycles. The Labute approximate surface area is 142 Å². The molecule has 24 heavy (non-hydrogen) atoms. The fourth-order valence-electron chi connectivity index (χ4n) is 2.54. The molecule has 1 atom stereocenters. The molecule has 0 bridgehead atoms. The molecule has 128 valence electrons. The first-order valence-corrected chi connectivity index (χ1v) is 9.00. The molecular formula is C18H21NO4S. The Kier molecular flexibility index (Phi) is 5.41. The van der Waals surface area contributed by atoms with E-state index >= 15 is 0 Å². The maximum atomic E-state index is 12.7. The zero-order chi connectivity index (χ0) is 17.9. The van der Waals surface area contributed by atoms with Gasteiger partial charge in [-0.1, -0.05) is 36.4 Å². The number of hydrogen-bond acceptors (Lipinski definition) is 3. The molecule has 5 nitrogen and oxygen atoms in total. The molecular weight excluding hydrogens is 326 g/mol. The highest BCUT2D eigenvalue weighted by molar-refractivity contribution is 7.89. The molecule has 0 saturated heterocycles. The zero-order valence-corrected chi connectivity index (χ0v) is 14.7. The maximum absolute atomic E-state index is 12.7. The molecule has 0 radical (unpaired) electrons. The summed E-state index contributed by atoms with van der Waals surface area (Å²) in [6, 6.07) is 12.3. The molecule has 0 aliphatic heterocycles. The molecule has 2 rings (SSSR count). The number of rotatable bonds is 6. The zero-order valence-electron chi connectivity index (χ0n) is 13.9. The van der Waals surface area contributed by atoms with Crippen molar-refractivity contribution in [1.29, 1.82) is 0 Å². The summed E-state index contributed by atoms with van der Waals surface area (Å²) in [4.78, 5) is 11.8. The number of aryl methyl sites for hydroxylation is 1. The lowest BCUT2D eigenvalue weighted by molar-refractivity contribution is -0.141. The lowest BCUT2D eigenvalue weighted by Gasteiger charge is -2.25. The van der Waals surface area contributed by atoms with Gasteiger partial charge in [-0.15, -0.1) is 0 Å². The lowest BCUT2D eigenvalue weighted by atomic mass is 9.98. The van der Waals surface area contributed by atoms with E-state index in [1.54, 1.807) is 18.2 Å². The van der Waals surface area contributed by atoms with Crippen molar-refractivity contribution in [2.45, 2.75) is 31.2 Å². The summed E-state index contributed by atoms with van der Waals surface area (Å²) in [5, 5.41) is 9.57. The highest BCUT2D eigenvalue weighted by Crippen LogP contribution is 2.21. The van der Waals surface area contributed by atoms with E-state index < -0.39 is 22.0 Å². The first kappa shape index (κ1) is 18.2. The minimum absolute atomic E-state index is 0.0831. The van der Waals surface area contributed by atoms with Gasteiger partial charge in [-0.25, -0.2) is 8.42 Å². The molecule has 0 amide bonds. The monoisotopic (exact) mass is 347 g/mol. The molecule has 1 N–H and O–H groups in total. The molecule has 2 aromatic rings. The van der Waals surface area contributed by atoms with Gasteiger partial charge in [-0.3, -0.25) is 4.79 Å². The number of carbonyl (C=O) groups is 1. The topological polar surface area (TPSA) is 74.7 Å². The number of likely N-dealkylation sites (N-methyl/N-ethyl adjacent to an activating group) is 1. The van der Waals surface area contributed by atoms with Gasteiger partial charge in [0, 0.05) is 7.05 Å². The second-order valence-corrected chi connectivity index (χ2v) is 7.75. The summed E-state index contributed by atoms with van der Waals surface area (Å²) in [5.74, 6) is -1.17. The third-order valence-corrected chi connectivity index (χ3v) is 6.15. The summed E-state index contributed by atoms with van der Waals surface area (Å²) in [6.07, 6.45) is 0.116. The second-order valence-electron chi connectivity index (χ2n) is 5.75. The van der Waals surface area contributed by atoms with Crippen molar-refractivity contribution < 1.29 is 18.3 Å². The predicted octanol–water partition coefficient (Wildman–Crippen LogP) is 2.62. The smallest absolute Gasteiger partial charge is 0.322 e. The van der Waals surface area contributed by atoms with E-state index in [-0.39, 0.29) is 11.3 Å². The molecule has 6 heteroatoms. The molecule has 0 aromatic heterocycles. The predicted molar refractivity (Wildman–Crippen MR) is 92.4 cm³/mol. The molecule has 2 aromatic carbocycles. The Hall–Kier alpha value is -2.18. The Bertz CT molecular complexity index is 831. The van der Waals surface area contributed by atoms with Crippen LogP contribution >= 0.6 is 0 Å². The number of sulfonamides is 1. The van der Waals surface area contributed by atoms with E-state index in [0.717, 1.165) is 21.0 Å². The minimum Gasteiger partial charge on any atom is -0.480 e. The van der Waals surface area contributed by atoms with Crippen molar-refractivity contribution in [2.75, 3.05) is 7.05 Å². The van der Waals surface area contributed by atoms with Crippen molar-refractivity contribution in [1.82, 2.24) is 4.31 Å². The van der Waals surface area contributed by atoms with E-state index in [4.69, 9.17) is 0 Å². The van der Waals surface area contributed by atoms with Gasteiger partial charge in [0.05, 0.1) is 4.90 Å². The Morgan fingerprint density at radius 1 is 1.08 bits per heavy atom. The van der Waals surface area contributed by atoms with E-state index in [1.165, 1.54) is 19.2 Å². The molecule has 0 spiro atoms. The molecule has 0 aliphatic carbocycles. The van der Waals surface area contributed by atoms with Crippen molar-refractivity contribution >= 4 is 16.0 Å². The number of carboxylic acid groups (broad SMARTS) is 1. The molecule has 0 unspecified atom stereocenters. The van der Waals surface area contributed by atoms with Gasteiger partial charge in [-0.2, -0.15) is 4.31 Å². The fourth-order valence-corrected chi connectivity index (χ4v) is 3.87. The lowest BCUT2D eigenvalue weighted by Crippen LogP contribution is -2.43. The van der Waals surface area contributed by atoms with Crippen LogP contribution in [-0.4, -0.2) is 36.9 Å². The number of hydrogen-bond donors (Lipinski definition) is 1. The van der Waals surface area contributed by atoms with E-state index in [1.807, 2.05) is 32.0 Å². The van der Waals surface area contributed by atoms with Crippen LogP contribution in [0.2, 0.25) is 0 Å². The summed E-state index contributed by atoms with van der Waals surface area (Å²) < 4.78 is 26.3. The van der Waals surface area contributed by atoms with Gasteiger partial charge in [0.1, 0.15) is 6.04 Å². The Balaban J connectivity index is 2.37. The van der Waals surface area contributed by atoms with Crippen LogP contribution < -0.4 is 0 Å². The first-order chi connectivity index (χ1) is 11.2. The molecule has 0 fully saturated rings. The fraction of sp³-hybridized carbons (Fsp3) is 0.278. The third-order valence-electron chi connectivity index (χ3n) is 4.27. The maximum Gasteiger partial charge on any atom is 0.322 e. The van der Waals surface area contributed by atoms with Crippen LogP contribution in [0, 0.1) is 13.8 Å². The van der Waals surface area contributed by atoms with Gasteiger partial charge in [-0.05, 0) is 49.1 Å². The van der Waals surface area contributed by atoms with Crippen LogP contribution in [0.25, 0.3) is 0 Å². The van der Waals surface area contributed by atoms with Crippen LogP contribution in [0.1, 0.15) is 16.7 Å². The summed E-state index contributed by atoms with van der Waals surface area (Å²) in [7, 11) is -2.56. The van der Waals surface area contributed by atoms with Crippen molar-refractivity contribution in [3.05, 3.63) is 65.2 Å². The standard InChI is InChI=1S/C18H21NO4S/c1-13-8-7-9-15(14(13)2)12-17(18(20)21)19(3)24(22,23)16-10-5-4-6-11-16/h4-11,17H,12H2,1-3H3,(H,20,21)/t17-/m0/s1. The van der Waals surface area contributed by atoms with E-state index in [2.05, 4.69) is 0 Å². The largest absolute Gasteiger partial charge is 0.480 e. The first-order valence-electron chi connectivity index (χ1n) is 7.56. The quantitative estimate of drug-likeness (QED) is 0.872. The van der Waals surface area contributed by atoms with Crippen molar-refractivity contribution in [2.24, 2.45) is 0 Å². The SMILES string of the molecule is Cc1cccc(C[C@@H](C(=O)O)N(C)S(=O)(=O)c2ccccc2)c1C. The van der Waals surface area contributed by atoms with E-state index in [9.17, 15) is 18.3 Å².